The second kappa shape index (κ2) is 7.64. The van der Waals surface area contributed by atoms with Crippen molar-refractivity contribution in [1.29, 1.82) is 0 Å². The summed E-state index contributed by atoms with van der Waals surface area (Å²) in [6, 6.07) is 0.595. The third-order valence-corrected chi connectivity index (χ3v) is 5.20. The van der Waals surface area contributed by atoms with Gasteiger partial charge in [-0.2, -0.15) is 0 Å². The van der Waals surface area contributed by atoms with Gasteiger partial charge in [0.2, 0.25) is 0 Å². The maximum Gasteiger partial charge on any atom is 0.0834 e. The van der Waals surface area contributed by atoms with Crippen LogP contribution in [0.3, 0.4) is 0 Å². The molecule has 0 heterocycles. The molecular weight excluding hydrogens is 234 g/mol. The largest absolute Gasteiger partial charge is 0.374 e. The molecule has 2 nitrogen and oxygen atoms in total. The Hall–Kier alpha value is -0.0800. The van der Waals surface area contributed by atoms with Crippen LogP contribution in [0.5, 0.6) is 0 Å². The lowest BCUT2D eigenvalue weighted by molar-refractivity contribution is -0.0960. The lowest BCUT2D eigenvalue weighted by atomic mass is 9.72. The van der Waals surface area contributed by atoms with Crippen molar-refractivity contribution in [2.45, 2.75) is 89.7 Å². The van der Waals surface area contributed by atoms with Crippen molar-refractivity contribution in [3.63, 3.8) is 0 Å². The maximum absolute atomic E-state index is 6.34. The smallest absolute Gasteiger partial charge is 0.0834 e. The van der Waals surface area contributed by atoms with Crippen molar-refractivity contribution in [2.24, 2.45) is 5.92 Å². The molecule has 1 unspecified atom stereocenters. The van der Waals surface area contributed by atoms with E-state index < -0.39 is 0 Å². The van der Waals surface area contributed by atoms with Crippen LogP contribution < -0.4 is 5.32 Å². The molecule has 0 amide bonds. The molecule has 2 aliphatic rings. The first-order chi connectivity index (χ1) is 9.30. The zero-order valence-electron chi connectivity index (χ0n) is 13.0. The molecule has 1 N–H and O–H groups in total. The van der Waals surface area contributed by atoms with Crippen molar-refractivity contribution < 1.29 is 4.74 Å². The molecule has 2 saturated carbocycles. The van der Waals surface area contributed by atoms with Crippen molar-refractivity contribution in [3.8, 4) is 0 Å². The molecule has 2 rings (SSSR count). The first-order valence-electron chi connectivity index (χ1n) is 8.68. The second-order valence-corrected chi connectivity index (χ2v) is 6.60. The summed E-state index contributed by atoms with van der Waals surface area (Å²) in [4.78, 5) is 0. The van der Waals surface area contributed by atoms with E-state index in [4.69, 9.17) is 4.74 Å². The molecule has 0 aliphatic heterocycles. The molecule has 112 valence electrons. The molecule has 0 aromatic rings. The van der Waals surface area contributed by atoms with E-state index in [9.17, 15) is 0 Å². The normalized spacial score (nSPS) is 24.9. The van der Waals surface area contributed by atoms with Crippen LogP contribution >= 0.6 is 0 Å². The summed E-state index contributed by atoms with van der Waals surface area (Å²) in [7, 11) is 0. The van der Waals surface area contributed by atoms with Gasteiger partial charge in [-0.25, -0.2) is 0 Å². The first-order valence-corrected chi connectivity index (χ1v) is 8.68. The molecule has 0 spiro atoms. The molecule has 0 radical (unpaired) electrons. The highest BCUT2D eigenvalue weighted by atomic mass is 16.5. The Morgan fingerprint density at radius 2 is 1.84 bits per heavy atom. The number of ether oxygens (including phenoxy) is 1. The zero-order chi connectivity index (χ0) is 13.6. The van der Waals surface area contributed by atoms with Gasteiger partial charge in [-0.15, -0.1) is 0 Å². The van der Waals surface area contributed by atoms with Crippen molar-refractivity contribution in [3.05, 3.63) is 0 Å². The highest BCUT2D eigenvalue weighted by Gasteiger charge is 2.41. The quantitative estimate of drug-likeness (QED) is 0.708. The van der Waals surface area contributed by atoms with E-state index in [1.165, 1.54) is 64.2 Å². The van der Waals surface area contributed by atoms with E-state index in [-0.39, 0.29) is 5.60 Å². The van der Waals surface area contributed by atoms with Gasteiger partial charge in [-0.1, -0.05) is 45.4 Å². The van der Waals surface area contributed by atoms with Crippen LogP contribution in [0.15, 0.2) is 0 Å². The van der Waals surface area contributed by atoms with Gasteiger partial charge < -0.3 is 10.1 Å². The predicted octanol–water partition coefficient (Wildman–Crippen LogP) is 4.28. The van der Waals surface area contributed by atoms with Gasteiger partial charge in [0.1, 0.15) is 0 Å². The Bertz CT molecular complexity index is 238. The molecule has 2 fully saturated rings. The van der Waals surface area contributed by atoms with E-state index in [0.29, 0.717) is 6.04 Å². The van der Waals surface area contributed by atoms with Crippen LogP contribution in [-0.2, 0) is 4.74 Å². The summed E-state index contributed by atoms with van der Waals surface area (Å²) in [5.41, 5.74) is 0.151. The minimum Gasteiger partial charge on any atom is -0.374 e. The third kappa shape index (κ3) is 3.95. The molecule has 2 heteroatoms. The van der Waals surface area contributed by atoms with Gasteiger partial charge in [0.15, 0.2) is 0 Å². The first kappa shape index (κ1) is 15.3. The van der Waals surface area contributed by atoms with Gasteiger partial charge in [0.05, 0.1) is 5.60 Å². The molecule has 0 aromatic heterocycles. The molecule has 0 saturated heterocycles. The van der Waals surface area contributed by atoms with Gasteiger partial charge in [0.25, 0.3) is 0 Å². The van der Waals surface area contributed by atoms with Crippen LogP contribution in [0.4, 0.5) is 0 Å². The Morgan fingerprint density at radius 3 is 2.37 bits per heavy atom. The summed E-state index contributed by atoms with van der Waals surface area (Å²) < 4.78 is 6.34. The average molecular weight is 267 g/mol. The second-order valence-electron chi connectivity index (χ2n) is 6.60. The van der Waals surface area contributed by atoms with Crippen molar-refractivity contribution in [2.75, 3.05) is 13.2 Å². The molecule has 19 heavy (non-hydrogen) atoms. The number of rotatable bonds is 8. The van der Waals surface area contributed by atoms with E-state index >= 15 is 0 Å². The fourth-order valence-electron chi connectivity index (χ4n) is 3.90. The SMILES string of the molecule is CCCNC(CC1CCC1)C1(OCC)CCCCC1. The molecule has 0 aromatic carbocycles. The van der Waals surface area contributed by atoms with E-state index in [2.05, 4.69) is 19.2 Å². The lowest BCUT2D eigenvalue weighted by Gasteiger charge is -2.46. The van der Waals surface area contributed by atoms with Crippen LogP contribution in [0.1, 0.15) is 78.1 Å². The minimum absolute atomic E-state index is 0.151. The molecule has 1 atom stereocenters. The number of hydrogen-bond donors (Lipinski definition) is 1. The fraction of sp³-hybridized carbons (Fsp3) is 1.00. The molecule has 0 bridgehead atoms. The number of nitrogens with one attached hydrogen (secondary N) is 1. The van der Waals surface area contributed by atoms with Gasteiger partial charge in [-0.3, -0.25) is 0 Å². The predicted molar refractivity (Wildman–Crippen MR) is 81.5 cm³/mol. The Morgan fingerprint density at radius 1 is 1.11 bits per heavy atom. The minimum atomic E-state index is 0.151. The molecular formula is C17H33NO. The summed E-state index contributed by atoms with van der Waals surface area (Å²) >= 11 is 0. The zero-order valence-corrected chi connectivity index (χ0v) is 13.0. The molecule has 2 aliphatic carbocycles. The number of hydrogen-bond acceptors (Lipinski definition) is 2. The van der Waals surface area contributed by atoms with Gasteiger partial charge in [0, 0.05) is 12.6 Å². The van der Waals surface area contributed by atoms with E-state index in [1.807, 2.05) is 0 Å². The topological polar surface area (TPSA) is 21.3 Å². The Balaban J connectivity index is 2.01. The van der Waals surface area contributed by atoms with Crippen LogP contribution in [0.2, 0.25) is 0 Å². The summed E-state index contributed by atoms with van der Waals surface area (Å²) in [6.45, 7) is 6.44. The Labute approximate surface area is 119 Å². The van der Waals surface area contributed by atoms with E-state index in [0.717, 1.165) is 19.1 Å². The summed E-state index contributed by atoms with van der Waals surface area (Å²) in [6.07, 6.45) is 13.6. The van der Waals surface area contributed by atoms with E-state index in [1.54, 1.807) is 0 Å². The Kier molecular flexibility index (Phi) is 6.15. The highest BCUT2D eigenvalue weighted by molar-refractivity contribution is 4.97. The monoisotopic (exact) mass is 267 g/mol. The third-order valence-electron chi connectivity index (χ3n) is 5.20. The maximum atomic E-state index is 6.34. The standard InChI is InChI=1S/C17H33NO/c1-3-13-18-16(14-15-9-8-10-15)17(19-4-2)11-6-5-7-12-17/h15-16,18H,3-14H2,1-2H3. The lowest BCUT2D eigenvalue weighted by Crippen LogP contribution is -2.55. The van der Waals surface area contributed by atoms with Crippen LogP contribution in [0, 0.1) is 5.92 Å². The van der Waals surface area contributed by atoms with Crippen molar-refractivity contribution >= 4 is 0 Å². The van der Waals surface area contributed by atoms with Gasteiger partial charge >= 0.3 is 0 Å². The van der Waals surface area contributed by atoms with Gasteiger partial charge in [-0.05, 0) is 45.1 Å². The van der Waals surface area contributed by atoms with Crippen LogP contribution in [-0.4, -0.2) is 24.8 Å². The summed E-state index contributed by atoms with van der Waals surface area (Å²) in [5.74, 6) is 0.966. The average Bonchev–Trinajstić information content (AvgIpc) is 2.38. The summed E-state index contributed by atoms with van der Waals surface area (Å²) in [5, 5.41) is 3.84. The van der Waals surface area contributed by atoms with Crippen LogP contribution in [0.25, 0.3) is 0 Å². The van der Waals surface area contributed by atoms with Crippen molar-refractivity contribution in [1.82, 2.24) is 5.32 Å². The fourth-order valence-corrected chi connectivity index (χ4v) is 3.90. The highest BCUT2D eigenvalue weighted by Crippen LogP contribution is 2.40.